The summed E-state index contributed by atoms with van der Waals surface area (Å²) in [5.74, 6) is 0.846. The third-order valence-corrected chi connectivity index (χ3v) is 5.26. The Morgan fingerprint density at radius 3 is 3.00 bits per heavy atom. The first-order valence-electron chi connectivity index (χ1n) is 6.26. The van der Waals surface area contributed by atoms with E-state index >= 15 is 0 Å². The van der Waals surface area contributed by atoms with Crippen LogP contribution in [0.15, 0.2) is 0 Å². The largest absolute Gasteiger partial charge is 0.313 e. The van der Waals surface area contributed by atoms with E-state index in [1.807, 2.05) is 0 Å². The van der Waals surface area contributed by atoms with E-state index in [4.69, 9.17) is 11.6 Å². The molecule has 4 atom stereocenters. The zero-order valence-corrected chi connectivity index (χ0v) is 10.3. The molecule has 1 spiro atoms. The molecule has 3 aliphatic rings. The van der Waals surface area contributed by atoms with Crippen LogP contribution in [-0.2, 0) is 0 Å². The van der Waals surface area contributed by atoms with Gasteiger partial charge in [-0.1, -0.05) is 0 Å². The number of nitrogens with zero attached hydrogens (tertiary/aromatic N) is 1. The molecule has 2 heterocycles. The molecule has 3 rings (SSSR count). The van der Waals surface area contributed by atoms with E-state index in [0.29, 0.717) is 10.8 Å². The second-order valence-corrected chi connectivity index (χ2v) is 6.47. The van der Waals surface area contributed by atoms with Crippen LogP contribution in [0.25, 0.3) is 0 Å². The van der Waals surface area contributed by atoms with Crippen LogP contribution in [-0.4, -0.2) is 43.0 Å². The molecule has 3 fully saturated rings. The number of hydrogen-bond acceptors (Lipinski definition) is 2. The maximum Gasteiger partial charge on any atom is 0.0340 e. The molecule has 2 aliphatic heterocycles. The zero-order chi connectivity index (χ0) is 10.5. The lowest BCUT2D eigenvalue weighted by Crippen LogP contribution is -2.39. The summed E-state index contributed by atoms with van der Waals surface area (Å²) in [6.07, 6.45) is 5.13. The molecule has 0 aromatic rings. The number of halogens is 1. The number of fused-ring (bicyclic) bond motifs is 2. The van der Waals surface area contributed by atoms with Crippen molar-refractivity contribution in [2.75, 3.05) is 26.7 Å². The fraction of sp³-hybridized carbons (Fsp3) is 1.00. The Morgan fingerprint density at radius 1 is 1.40 bits per heavy atom. The molecule has 4 unspecified atom stereocenters. The van der Waals surface area contributed by atoms with Gasteiger partial charge in [-0.2, -0.15) is 0 Å². The van der Waals surface area contributed by atoms with Gasteiger partial charge in [-0.3, -0.25) is 0 Å². The minimum Gasteiger partial charge on any atom is -0.313 e. The van der Waals surface area contributed by atoms with E-state index in [1.165, 1.54) is 45.3 Å². The highest BCUT2D eigenvalue weighted by atomic mass is 35.5. The van der Waals surface area contributed by atoms with Gasteiger partial charge in [0, 0.05) is 29.9 Å². The molecule has 0 radical (unpaired) electrons. The van der Waals surface area contributed by atoms with E-state index in [-0.39, 0.29) is 0 Å². The summed E-state index contributed by atoms with van der Waals surface area (Å²) in [5.41, 5.74) is 0.562. The molecule has 1 aliphatic carbocycles. The van der Waals surface area contributed by atoms with E-state index in [1.54, 1.807) is 0 Å². The molecule has 0 aromatic carbocycles. The van der Waals surface area contributed by atoms with Crippen molar-refractivity contribution in [2.45, 2.75) is 37.1 Å². The smallest absolute Gasteiger partial charge is 0.0340 e. The summed E-state index contributed by atoms with van der Waals surface area (Å²) in [7, 11) is 2.25. The van der Waals surface area contributed by atoms with Crippen LogP contribution >= 0.6 is 11.6 Å². The van der Waals surface area contributed by atoms with E-state index in [2.05, 4.69) is 17.3 Å². The first-order chi connectivity index (χ1) is 7.20. The summed E-state index contributed by atoms with van der Waals surface area (Å²) < 4.78 is 0. The highest BCUT2D eigenvalue weighted by Gasteiger charge is 2.52. The number of nitrogens with one attached hydrogen (secondary N) is 1. The van der Waals surface area contributed by atoms with Crippen molar-refractivity contribution in [3.63, 3.8) is 0 Å². The minimum atomic E-state index is 0.439. The van der Waals surface area contributed by atoms with Crippen LogP contribution in [0.2, 0.25) is 0 Å². The van der Waals surface area contributed by atoms with E-state index < -0.39 is 0 Å². The molecule has 3 heteroatoms. The molecule has 1 saturated carbocycles. The first-order valence-corrected chi connectivity index (χ1v) is 6.69. The van der Waals surface area contributed by atoms with Crippen molar-refractivity contribution < 1.29 is 0 Å². The SMILES string of the molecule is CN1CCC2(CNC3CCC(Cl)CC32)C1. The lowest BCUT2D eigenvalue weighted by Gasteiger charge is -2.37. The summed E-state index contributed by atoms with van der Waals surface area (Å²) in [5, 5.41) is 4.19. The third-order valence-electron chi connectivity index (χ3n) is 4.87. The van der Waals surface area contributed by atoms with Crippen molar-refractivity contribution in [2.24, 2.45) is 11.3 Å². The Labute approximate surface area is 97.3 Å². The van der Waals surface area contributed by atoms with Gasteiger partial charge in [0.15, 0.2) is 0 Å². The number of rotatable bonds is 0. The van der Waals surface area contributed by atoms with Crippen LogP contribution in [0.3, 0.4) is 0 Å². The van der Waals surface area contributed by atoms with Crippen LogP contribution in [0, 0.1) is 11.3 Å². The fourth-order valence-electron chi connectivity index (χ4n) is 4.06. The maximum absolute atomic E-state index is 6.34. The molecule has 86 valence electrons. The molecule has 0 amide bonds. The van der Waals surface area contributed by atoms with Gasteiger partial charge in [-0.25, -0.2) is 0 Å². The molecule has 2 saturated heterocycles. The van der Waals surface area contributed by atoms with Crippen molar-refractivity contribution in [1.82, 2.24) is 10.2 Å². The van der Waals surface area contributed by atoms with Crippen molar-refractivity contribution >= 4 is 11.6 Å². The second kappa shape index (κ2) is 3.61. The number of likely N-dealkylation sites (tertiary alicyclic amines) is 1. The standard InChI is InChI=1S/C12H21ClN2/c1-15-5-4-12(8-15)7-14-11-3-2-9(13)6-10(11)12/h9-11,14H,2-8H2,1H3. The van der Waals surface area contributed by atoms with Gasteiger partial charge in [0.2, 0.25) is 0 Å². The number of hydrogen-bond donors (Lipinski definition) is 1. The Bertz CT molecular complexity index is 258. The quantitative estimate of drug-likeness (QED) is 0.635. The van der Waals surface area contributed by atoms with Crippen LogP contribution < -0.4 is 5.32 Å². The van der Waals surface area contributed by atoms with Crippen molar-refractivity contribution in [3.8, 4) is 0 Å². The highest BCUT2D eigenvalue weighted by molar-refractivity contribution is 6.20. The molecule has 15 heavy (non-hydrogen) atoms. The molecule has 1 N–H and O–H groups in total. The van der Waals surface area contributed by atoms with Gasteiger partial charge in [-0.05, 0) is 45.2 Å². The maximum atomic E-state index is 6.34. The van der Waals surface area contributed by atoms with Crippen LogP contribution in [0.5, 0.6) is 0 Å². The van der Waals surface area contributed by atoms with Crippen molar-refractivity contribution in [1.29, 1.82) is 0 Å². The summed E-state index contributed by atoms with van der Waals surface area (Å²) in [4.78, 5) is 2.49. The average molecular weight is 229 g/mol. The molecular formula is C12H21ClN2. The molecule has 0 aromatic heterocycles. The summed E-state index contributed by atoms with van der Waals surface area (Å²) >= 11 is 6.34. The van der Waals surface area contributed by atoms with E-state index in [9.17, 15) is 0 Å². The lowest BCUT2D eigenvalue weighted by atomic mass is 9.69. The third kappa shape index (κ3) is 1.62. The van der Waals surface area contributed by atoms with Crippen LogP contribution in [0.4, 0.5) is 0 Å². The zero-order valence-electron chi connectivity index (χ0n) is 9.51. The van der Waals surface area contributed by atoms with Gasteiger partial charge in [0.05, 0.1) is 0 Å². The molecule has 0 bridgehead atoms. The van der Waals surface area contributed by atoms with Crippen molar-refractivity contribution in [3.05, 3.63) is 0 Å². The summed E-state index contributed by atoms with van der Waals surface area (Å²) in [6, 6.07) is 0.770. The predicted octanol–water partition coefficient (Wildman–Crippen LogP) is 1.69. The van der Waals surface area contributed by atoms with Gasteiger partial charge >= 0.3 is 0 Å². The molecular weight excluding hydrogens is 208 g/mol. The van der Waals surface area contributed by atoms with Gasteiger partial charge in [0.1, 0.15) is 0 Å². The Balaban J connectivity index is 1.80. The van der Waals surface area contributed by atoms with E-state index in [0.717, 1.165) is 12.0 Å². The van der Waals surface area contributed by atoms with Gasteiger partial charge < -0.3 is 10.2 Å². The predicted molar refractivity (Wildman–Crippen MR) is 63.3 cm³/mol. The van der Waals surface area contributed by atoms with Gasteiger partial charge in [-0.15, -0.1) is 11.6 Å². The van der Waals surface area contributed by atoms with Gasteiger partial charge in [0.25, 0.3) is 0 Å². The minimum absolute atomic E-state index is 0.439. The topological polar surface area (TPSA) is 15.3 Å². The molecule has 2 nitrogen and oxygen atoms in total. The van der Waals surface area contributed by atoms with Crippen LogP contribution in [0.1, 0.15) is 25.7 Å². The number of alkyl halides is 1. The average Bonchev–Trinajstić information content (AvgIpc) is 2.74. The second-order valence-electron chi connectivity index (χ2n) is 5.85. The highest BCUT2D eigenvalue weighted by Crippen LogP contribution is 2.48. The lowest BCUT2D eigenvalue weighted by molar-refractivity contribution is 0.173. The Kier molecular flexibility index (Phi) is 2.50. The monoisotopic (exact) mass is 228 g/mol. The summed E-state index contributed by atoms with van der Waals surface area (Å²) in [6.45, 7) is 3.79. The Hall–Kier alpha value is 0.210. The fourth-order valence-corrected chi connectivity index (χ4v) is 4.38. The normalized spacial score (nSPS) is 51.2. The Morgan fingerprint density at radius 2 is 2.27 bits per heavy atom. The first kappa shape index (κ1) is 10.4.